The second kappa shape index (κ2) is 5.49. The first-order valence-corrected chi connectivity index (χ1v) is 6.18. The van der Waals surface area contributed by atoms with E-state index < -0.39 is 0 Å². The standard InChI is InChI=1S/C12H20N4O2/c1-9-6-11(15(3)14-9)13-12(17)7-16-4-5-18-8-10(16)2/h6,10H,4-5,7-8H2,1-3H3,(H,13,17)/t10-/m0/s1. The van der Waals surface area contributed by atoms with E-state index in [1.807, 2.05) is 20.0 Å². The van der Waals surface area contributed by atoms with Crippen LogP contribution in [0, 0.1) is 6.92 Å². The van der Waals surface area contributed by atoms with Crippen molar-refractivity contribution < 1.29 is 9.53 Å². The van der Waals surface area contributed by atoms with Crippen LogP contribution in [0.5, 0.6) is 0 Å². The molecular weight excluding hydrogens is 232 g/mol. The molecule has 0 bridgehead atoms. The van der Waals surface area contributed by atoms with Gasteiger partial charge in [0.25, 0.3) is 0 Å². The molecule has 1 aliphatic heterocycles. The maximum atomic E-state index is 12.0. The van der Waals surface area contributed by atoms with E-state index in [0.717, 1.165) is 18.1 Å². The quantitative estimate of drug-likeness (QED) is 0.845. The van der Waals surface area contributed by atoms with Crippen molar-refractivity contribution >= 4 is 11.7 Å². The lowest BCUT2D eigenvalue weighted by Gasteiger charge is -2.32. The van der Waals surface area contributed by atoms with Crippen LogP contribution in [0.25, 0.3) is 0 Å². The Hall–Kier alpha value is -1.40. The molecule has 1 aliphatic rings. The molecule has 18 heavy (non-hydrogen) atoms. The molecule has 0 saturated carbocycles. The summed E-state index contributed by atoms with van der Waals surface area (Å²) >= 11 is 0. The Morgan fingerprint density at radius 2 is 2.44 bits per heavy atom. The molecule has 1 N–H and O–H groups in total. The van der Waals surface area contributed by atoms with E-state index in [1.165, 1.54) is 0 Å². The minimum atomic E-state index is -0.00764. The molecule has 1 atom stereocenters. The lowest BCUT2D eigenvalue weighted by atomic mass is 10.2. The summed E-state index contributed by atoms with van der Waals surface area (Å²) in [5.74, 6) is 0.727. The van der Waals surface area contributed by atoms with Crippen molar-refractivity contribution in [3.05, 3.63) is 11.8 Å². The first kappa shape index (κ1) is 13.0. The molecule has 0 radical (unpaired) electrons. The molecule has 0 spiro atoms. The van der Waals surface area contributed by atoms with Gasteiger partial charge in [-0.25, -0.2) is 0 Å². The number of nitrogens with zero attached hydrogens (tertiary/aromatic N) is 3. The summed E-state index contributed by atoms with van der Waals surface area (Å²) in [6.07, 6.45) is 0. The van der Waals surface area contributed by atoms with Crippen molar-refractivity contribution in [1.82, 2.24) is 14.7 Å². The number of morpholine rings is 1. The lowest BCUT2D eigenvalue weighted by molar-refractivity contribution is -0.119. The van der Waals surface area contributed by atoms with Crippen LogP contribution in [-0.4, -0.2) is 52.9 Å². The van der Waals surface area contributed by atoms with Gasteiger partial charge < -0.3 is 10.1 Å². The number of hydrogen-bond acceptors (Lipinski definition) is 4. The molecule has 0 aliphatic carbocycles. The molecule has 0 unspecified atom stereocenters. The average molecular weight is 252 g/mol. The van der Waals surface area contributed by atoms with E-state index in [2.05, 4.69) is 22.2 Å². The summed E-state index contributed by atoms with van der Waals surface area (Å²) in [6, 6.07) is 2.15. The summed E-state index contributed by atoms with van der Waals surface area (Å²) in [5.41, 5.74) is 0.896. The van der Waals surface area contributed by atoms with Crippen LogP contribution in [0.4, 0.5) is 5.82 Å². The maximum Gasteiger partial charge on any atom is 0.239 e. The van der Waals surface area contributed by atoms with Crippen LogP contribution >= 0.6 is 0 Å². The number of nitrogens with one attached hydrogen (secondary N) is 1. The zero-order valence-electron chi connectivity index (χ0n) is 11.1. The Morgan fingerprint density at radius 3 is 3.06 bits per heavy atom. The molecular formula is C12H20N4O2. The fourth-order valence-electron chi connectivity index (χ4n) is 2.09. The van der Waals surface area contributed by atoms with E-state index >= 15 is 0 Å². The Bertz CT molecular complexity index is 430. The van der Waals surface area contributed by atoms with E-state index in [0.29, 0.717) is 19.8 Å². The van der Waals surface area contributed by atoms with Crippen LogP contribution in [0.2, 0.25) is 0 Å². The highest BCUT2D eigenvalue weighted by atomic mass is 16.5. The topological polar surface area (TPSA) is 59.4 Å². The molecule has 1 amide bonds. The van der Waals surface area contributed by atoms with Gasteiger partial charge in [0.2, 0.25) is 5.91 Å². The van der Waals surface area contributed by atoms with E-state index in [1.54, 1.807) is 4.68 Å². The summed E-state index contributed by atoms with van der Waals surface area (Å²) in [4.78, 5) is 14.1. The van der Waals surface area contributed by atoms with E-state index in [-0.39, 0.29) is 11.9 Å². The highest BCUT2D eigenvalue weighted by molar-refractivity contribution is 5.91. The number of carbonyl (C=O) groups is 1. The van der Waals surface area contributed by atoms with Crippen molar-refractivity contribution in [1.29, 1.82) is 0 Å². The largest absolute Gasteiger partial charge is 0.379 e. The van der Waals surface area contributed by atoms with Gasteiger partial charge in [-0.05, 0) is 13.8 Å². The van der Waals surface area contributed by atoms with Gasteiger partial charge in [-0.1, -0.05) is 0 Å². The number of rotatable bonds is 3. The lowest BCUT2D eigenvalue weighted by Crippen LogP contribution is -2.47. The fourth-order valence-corrected chi connectivity index (χ4v) is 2.09. The Kier molecular flexibility index (Phi) is 3.98. The van der Waals surface area contributed by atoms with Gasteiger partial charge in [-0.3, -0.25) is 14.4 Å². The van der Waals surface area contributed by atoms with Gasteiger partial charge in [0.1, 0.15) is 5.82 Å². The van der Waals surface area contributed by atoms with Crippen LogP contribution < -0.4 is 5.32 Å². The number of anilines is 1. The normalized spacial score (nSPS) is 20.9. The molecule has 6 heteroatoms. The van der Waals surface area contributed by atoms with Gasteiger partial charge in [0.05, 0.1) is 25.5 Å². The SMILES string of the molecule is Cc1cc(NC(=O)CN2CCOC[C@@H]2C)n(C)n1. The summed E-state index contributed by atoms with van der Waals surface area (Å²) in [6.45, 7) is 6.56. The molecule has 100 valence electrons. The average Bonchev–Trinajstić information content (AvgIpc) is 2.61. The fraction of sp³-hybridized carbons (Fsp3) is 0.667. The smallest absolute Gasteiger partial charge is 0.239 e. The van der Waals surface area contributed by atoms with Gasteiger partial charge in [0, 0.05) is 25.7 Å². The highest BCUT2D eigenvalue weighted by Gasteiger charge is 2.21. The zero-order chi connectivity index (χ0) is 13.1. The number of amides is 1. The molecule has 6 nitrogen and oxygen atoms in total. The van der Waals surface area contributed by atoms with Crippen molar-refractivity contribution in [3.63, 3.8) is 0 Å². The summed E-state index contributed by atoms with van der Waals surface area (Å²) in [5, 5.41) is 7.07. The van der Waals surface area contributed by atoms with Crippen molar-refractivity contribution in [3.8, 4) is 0 Å². The second-order valence-electron chi connectivity index (χ2n) is 4.74. The van der Waals surface area contributed by atoms with Crippen LogP contribution in [0.3, 0.4) is 0 Å². The minimum absolute atomic E-state index is 0.00764. The van der Waals surface area contributed by atoms with Crippen LogP contribution in [0.1, 0.15) is 12.6 Å². The highest BCUT2D eigenvalue weighted by Crippen LogP contribution is 2.09. The molecule has 1 saturated heterocycles. The monoisotopic (exact) mass is 252 g/mol. The molecule has 1 aromatic heterocycles. The Labute approximate surface area is 107 Å². The summed E-state index contributed by atoms with van der Waals surface area (Å²) < 4.78 is 7.02. The van der Waals surface area contributed by atoms with E-state index in [4.69, 9.17) is 4.74 Å². The number of carbonyl (C=O) groups excluding carboxylic acids is 1. The zero-order valence-corrected chi connectivity index (χ0v) is 11.1. The Balaban J connectivity index is 1.90. The van der Waals surface area contributed by atoms with Crippen molar-refractivity contribution in [2.75, 3.05) is 31.6 Å². The number of aryl methyl sites for hydroxylation is 2. The molecule has 1 fully saturated rings. The minimum Gasteiger partial charge on any atom is -0.379 e. The predicted octanol–water partition coefficient (Wildman–Crippen LogP) is 0.388. The van der Waals surface area contributed by atoms with Gasteiger partial charge in [-0.15, -0.1) is 0 Å². The van der Waals surface area contributed by atoms with Crippen molar-refractivity contribution in [2.45, 2.75) is 19.9 Å². The first-order valence-electron chi connectivity index (χ1n) is 6.18. The maximum absolute atomic E-state index is 12.0. The molecule has 2 heterocycles. The summed E-state index contributed by atoms with van der Waals surface area (Å²) in [7, 11) is 1.82. The second-order valence-corrected chi connectivity index (χ2v) is 4.74. The number of aromatic nitrogens is 2. The van der Waals surface area contributed by atoms with Crippen molar-refractivity contribution in [2.24, 2.45) is 7.05 Å². The molecule has 0 aromatic carbocycles. The molecule has 2 rings (SSSR count). The van der Waals surface area contributed by atoms with Gasteiger partial charge >= 0.3 is 0 Å². The van der Waals surface area contributed by atoms with Gasteiger partial charge in [0.15, 0.2) is 0 Å². The number of ether oxygens (including phenoxy) is 1. The third-order valence-corrected chi connectivity index (χ3v) is 3.12. The number of hydrogen-bond donors (Lipinski definition) is 1. The molecule has 1 aromatic rings. The van der Waals surface area contributed by atoms with Gasteiger partial charge in [-0.2, -0.15) is 5.10 Å². The first-order chi connectivity index (χ1) is 8.56. The van der Waals surface area contributed by atoms with E-state index in [9.17, 15) is 4.79 Å². The third-order valence-electron chi connectivity index (χ3n) is 3.12. The predicted molar refractivity (Wildman–Crippen MR) is 68.4 cm³/mol. The van der Waals surface area contributed by atoms with Crippen LogP contribution in [0.15, 0.2) is 6.07 Å². The third kappa shape index (κ3) is 3.08. The Morgan fingerprint density at radius 1 is 1.67 bits per heavy atom. The van der Waals surface area contributed by atoms with Crippen LogP contribution in [-0.2, 0) is 16.6 Å².